The Morgan fingerprint density at radius 2 is 1.95 bits per heavy atom. The van der Waals surface area contributed by atoms with E-state index in [9.17, 15) is 10.1 Å². The maximum atomic E-state index is 10.6. The first-order chi connectivity index (χ1) is 10.0. The van der Waals surface area contributed by atoms with Gasteiger partial charge in [0.2, 0.25) is 0 Å². The van der Waals surface area contributed by atoms with Crippen molar-refractivity contribution in [1.82, 2.24) is 0 Å². The van der Waals surface area contributed by atoms with Crippen LogP contribution in [-0.4, -0.2) is 4.92 Å². The molecule has 0 spiro atoms. The lowest BCUT2D eigenvalue weighted by Gasteiger charge is -2.09. The third-order valence-corrected chi connectivity index (χ3v) is 3.34. The van der Waals surface area contributed by atoms with Crippen molar-refractivity contribution < 1.29 is 9.66 Å². The van der Waals surface area contributed by atoms with Crippen molar-refractivity contribution >= 4 is 28.9 Å². The van der Waals surface area contributed by atoms with Gasteiger partial charge in [-0.3, -0.25) is 10.1 Å². The molecule has 106 valence electrons. The third kappa shape index (κ3) is 3.63. The number of hydrogen-bond acceptors (Lipinski definition) is 4. The van der Waals surface area contributed by atoms with Crippen molar-refractivity contribution in [3.63, 3.8) is 0 Å². The van der Waals surface area contributed by atoms with Gasteiger partial charge in [-0.1, -0.05) is 23.2 Å². The molecule has 0 saturated carbocycles. The first-order valence-electron chi connectivity index (χ1n) is 5.76. The minimum absolute atomic E-state index is 0.0832. The first-order valence-corrected chi connectivity index (χ1v) is 6.52. The van der Waals surface area contributed by atoms with E-state index in [2.05, 4.69) is 0 Å². The van der Waals surface area contributed by atoms with E-state index in [1.54, 1.807) is 12.1 Å². The molecular weight excluding hydrogens is 315 g/mol. The summed E-state index contributed by atoms with van der Waals surface area (Å²) in [5.41, 5.74) is 0.948. The number of nitriles is 1. The molecule has 21 heavy (non-hydrogen) atoms. The highest BCUT2D eigenvalue weighted by Gasteiger charge is 2.10. The second-order valence-corrected chi connectivity index (χ2v) is 4.89. The van der Waals surface area contributed by atoms with E-state index < -0.39 is 4.92 Å². The summed E-state index contributed by atoms with van der Waals surface area (Å²) >= 11 is 11.9. The number of hydrogen-bond donors (Lipinski definition) is 0. The number of halogens is 2. The zero-order chi connectivity index (χ0) is 15.4. The molecule has 0 heterocycles. The number of ether oxygens (including phenoxy) is 1. The van der Waals surface area contributed by atoms with E-state index in [1.165, 1.54) is 24.3 Å². The molecule has 0 N–H and O–H groups in total. The van der Waals surface area contributed by atoms with Gasteiger partial charge in [-0.2, -0.15) is 5.26 Å². The molecule has 2 aromatic rings. The molecule has 0 aliphatic rings. The lowest BCUT2D eigenvalue weighted by atomic mass is 10.2. The maximum absolute atomic E-state index is 10.6. The SMILES string of the molecule is N#Cc1ccc(OCc2ccc([N+](=O)[O-])cc2Cl)c(Cl)c1. The van der Waals surface area contributed by atoms with E-state index >= 15 is 0 Å². The van der Waals surface area contributed by atoms with Crippen LogP contribution in [0.4, 0.5) is 5.69 Å². The zero-order valence-electron chi connectivity index (χ0n) is 10.5. The topological polar surface area (TPSA) is 76.2 Å². The molecule has 5 nitrogen and oxygen atoms in total. The summed E-state index contributed by atoms with van der Waals surface area (Å²) in [6, 6.07) is 10.8. The number of rotatable bonds is 4. The van der Waals surface area contributed by atoms with Crippen LogP contribution in [0.2, 0.25) is 10.0 Å². The van der Waals surface area contributed by atoms with E-state index in [0.29, 0.717) is 21.9 Å². The summed E-state index contributed by atoms with van der Waals surface area (Å²) in [6.45, 7) is 0.114. The zero-order valence-corrected chi connectivity index (χ0v) is 12.1. The Labute approximate surface area is 130 Å². The van der Waals surface area contributed by atoms with Crippen LogP contribution >= 0.6 is 23.2 Å². The second-order valence-electron chi connectivity index (χ2n) is 4.08. The van der Waals surface area contributed by atoms with Crippen LogP contribution in [0, 0.1) is 21.4 Å². The third-order valence-electron chi connectivity index (χ3n) is 2.69. The van der Waals surface area contributed by atoms with Gasteiger partial charge < -0.3 is 4.74 Å². The van der Waals surface area contributed by atoms with Crippen LogP contribution in [0.15, 0.2) is 36.4 Å². The molecule has 0 aliphatic carbocycles. The van der Waals surface area contributed by atoms with Gasteiger partial charge in [0, 0.05) is 17.7 Å². The van der Waals surface area contributed by atoms with Crippen molar-refractivity contribution in [1.29, 1.82) is 5.26 Å². The Balaban J connectivity index is 2.13. The average molecular weight is 323 g/mol. The lowest BCUT2D eigenvalue weighted by molar-refractivity contribution is -0.384. The highest BCUT2D eigenvalue weighted by Crippen LogP contribution is 2.28. The molecule has 0 atom stereocenters. The van der Waals surface area contributed by atoms with Crippen LogP contribution in [-0.2, 0) is 6.61 Å². The fourth-order valence-electron chi connectivity index (χ4n) is 1.61. The summed E-state index contributed by atoms with van der Waals surface area (Å²) in [5.74, 6) is 0.407. The second kappa shape index (κ2) is 6.44. The van der Waals surface area contributed by atoms with Crippen molar-refractivity contribution in [3.8, 4) is 11.8 Å². The summed E-state index contributed by atoms with van der Waals surface area (Å²) < 4.78 is 5.51. The van der Waals surface area contributed by atoms with E-state index in [0.717, 1.165) is 0 Å². The van der Waals surface area contributed by atoms with Gasteiger partial charge in [0.1, 0.15) is 12.4 Å². The van der Waals surface area contributed by atoms with Crippen LogP contribution in [0.3, 0.4) is 0 Å². The summed E-state index contributed by atoms with van der Waals surface area (Å²) in [6.07, 6.45) is 0. The van der Waals surface area contributed by atoms with Crippen LogP contribution in [0.25, 0.3) is 0 Å². The standard InChI is InChI=1S/C14H8Cl2N2O3/c15-12-6-11(18(19)20)3-2-10(12)8-21-14-4-1-9(7-17)5-13(14)16/h1-6H,8H2. The first kappa shape index (κ1) is 15.1. The molecule has 0 aliphatic heterocycles. The number of benzene rings is 2. The highest BCUT2D eigenvalue weighted by atomic mass is 35.5. The van der Waals surface area contributed by atoms with Gasteiger partial charge in [-0.25, -0.2) is 0 Å². The van der Waals surface area contributed by atoms with Crippen LogP contribution in [0.5, 0.6) is 5.75 Å². The van der Waals surface area contributed by atoms with Crippen molar-refractivity contribution in [2.24, 2.45) is 0 Å². The van der Waals surface area contributed by atoms with Gasteiger partial charge in [0.25, 0.3) is 5.69 Å². The molecule has 0 unspecified atom stereocenters. The Morgan fingerprint density at radius 1 is 1.19 bits per heavy atom. The van der Waals surface area contributed by atoms with E-state index in [-0.39, 0.29) is 17.3 Å². The van der Waals surface area contributed by atoms with Gasteiger partial charge in [0.15, 0.2) is 0 Å². The molecule has 0 saturated heterocycles. The number of nitro benzene ring substituents is 1. The Kier molecular flexibility index (Phi) is 4.63. The number of nitrogens with zero attached hydrogens (tertiary/aromatic N) is 2. The predicted octanol–water partition coefficient (Wildman–Crippen LogP) is 4.35. The molecular formula is C14H8Cl2N2O3. The Morgan fingerprint density at radius 3 is 2.52 bits per heavy atom. The van der Waals surface area contributed by atoms with Gasteiger partial charge >= 0.3 is 0 Å². The minimum atomic E-state index is -0.520. The molecule has 2 rings (SSSR count). The van der Waals surface area contributed by atoms with Gasteiger partial charge in [0.05, 0.1) is 26.6 Å². The minimum Gasteiger partial charge on any atom is -0.487 e. The monoisotopic (exact) mass is 322 g/mol. The number of nitro groups is 1. The Bertz CT molecular complexity index is 741. The van der Waals surface area contributed by atoms with E-state index in [4.69, 9.17) is 33.2 Å². The molecule has 0 radical (unpaired) electrons. The highest BCUT2D eigenvalue weighted by molar-refractivity contribution is 6.32. The van der Waals surface area contributed by atoms with E-state index in [1.807, 2.05) is 6.07 Å². The normalized spacial score (nSPS) is 9.95. The molecule has 2 aromatic carbocycles. The lowest BCUT2D eigenvalue weighted by Crippen LogP contribution is -1.98. The van der Waals surface area contributed by atoms with Crippen LogP contribution in [0.1, 0.15) is 11.1 Å². The van der Waals surface area contributed by atoms with Crippen molar-refractivity contribution in [2.75, 3.05) is 0 Å². The molecule has 0 bridgehead atoms. The quantitative estimate of drug-likeness (QED) is 0.619. The van der Waals surface area contributed by atoms with Crippen molar-refractivity contribution in [2.45, 2.75) is 6.61 Å². The molecule has 0 amide bonds. The van der Waals surface area contributed by atoms with Gasteiger partial charge in [-0.05, 0) is 24.3 Å². The maximum Gasteiger partial charge on any atom is 0.270 e. The van der Waals surface area contributed by atoms with Gasteiger partial charge in [-0.15, -0.1) is 0 Å². The fraction of sp³-hybridized carbons (Fsp3) is 0.0714. The average Bonchev–Trinajstić information content (AvgIpc) is 2.46. The smallest absolute Gasteiger partial charge is 0.270 e. The number of non-ortho nitro benzene ring substituents is 1. The fourth-order valence-corrected chi connectivity index (χ4v) is 2.07. The van der Waals surface area contributed by atoms with Crippen LogP contribution < -0.4 is 4.74 Å². The predicted molar refractivity (Wildman–Crippen MR) is 78.6 cm³/mol. The molecule has 0 aromatic heterocycles. The summed E-state index contributed by atoms with van der Waals surface area (Å²) in [4.78, 5) is 10.1. The Hall–Kier alpha value is -2.29. The summed E-state index contributed by atoms with van der Waals surface area (Å²) in [7, 11) is 0. The summed E-state index contributed by atoms with van der Waals surface area (Å²) in [5, 5.41) is 19.9. The molecule has 7 heteroatoms. The largest absolute Gasteiger partial charge is 0.487 e. The van der Waals surface area contributed by atoms with Crippen molar-refractivity contribution in [3.05, 3.63) is 67.7 Å². The molecule has 0 fully saturated rings.